The monoisotopic (exact) mass is 283 g/mol. The lowest BCUT2D eigenvalue weighted by Crippen LogP contribution is -2.37. The molecule has 1 aliphatic carbocycles. The molecule has 0 saturated heterocycles. The second kappa shape index (κ2) is 5.92. The van der Waals surface area contributed by atoms with Crippen molar-refractivity contribution in [3.63, 3.8) is 0 Å². The predicted molar refractivity (Wildman–Crippen MR) is 75.2 cm³/mol. The molecule has 5 heteroatoms. The van der Waals surface area contributed by atoms with Crippen LogP contribution >= 0.6 is 0 Å². The minimum absolute atomic E-state index is 0.0706. The maximum absolute atomic E-state index is 12.4. The summed E-state index contributed by atoms with van der Waals surface area (Å²) in [4.78, 5) is 0.343. The Bertz CT molecular complexity index is 523. The number of methoxy groups -OCH3 is 1. The summed E-state index contributed by atoms with van der Waals surface area (Å²) in [6.45, 7) is 2.81. The van der Waals surface area contributed by atoms with Crippen LogP contribution in [0.1, 0.15) is 19.8 Å². The normalized spacial score (nSPS) is 17.2. The molecule has 0 aliphatic heterocycles. The molecule has 1 unspecified atom stereocenters. The molecule has 0 amide bonds. The van der Waals surface area contributed by atoms with Gasteiger partial charge in [-0.1, -0.05) is 13.0 Å². The second-order valence-electron chi connectivity index (χ2n) is 4.96. The van der Waals surface area contributed by atoms with Crippen LogP contribution in [0.3, 0.4) is 0 Å². The molecule has 106 valence electrons. The average Bonchev–Trinajstić information content (AvgIpc) is 3.22. The zero-order valence-corrected chi connectivity index (χ0v) is 12.2. The third-order valence-corrected chi connectivity index (χ3v) is 5.23. The van der Waals surface area contributed by atoms with E-state index in [0.717, 1.165) is 19.4 Å². The van der Waals surface area contributed by atoms with E-state index in [1.807, 2.05) is 6.92 Å². The van der Waals surface area contributed by atoms with Crippen molar-refractivity contribution in [3.05, 3.63) is 24.3 Å². The first kappa shape index (κ1) is 14.3. The van der Waals surface area contributed by atoms with E-state index < -0.39 is 9.84 Å². The molecule has 1 aromatic carbocycles. The van der Waals surface area contributed by atoms with Crippen LogP contribution in [-0.4, -0.2) is 33.9 Å². The molecule has 0 radical (unpaired) electrons. The van der Waals surface area contributed by atoms with E-state index >= 15 is 0 Å². The van der Waals surface area contributed by atoms with Gasteiger partial charge >= 0.3 is 0 Å². The molecule has 1 atom stereocenters. The van der Waals surface area contributed by atoms with Gasteiger partial charge in [0.2, 0.25) is 0 Å². The Labute approximate surface area is 115 Å². The van der Waals surface area contributed by atoms with E-state index in [0.29, 0.717) is 16.6 Å². The SMILES string of the molecule is CCNC(CS(=O)(=O)c1cccc(OC)c1)C1CC1. The summed E-state index contributed by atoms with van der Waals surface area (Å²) in [5.41, 5.74) is 0. The van der Waals surface area contributed by atoms with Crippen molar-refractivity contribution in [2.75, 3.05) is 19.4 Å². The van der Waals surface area contributed by atoms with Crippen LogP contribution in [0.2, 0.25) is 0 Å². The fourth-order valence-corrected chi connectivity index (χ4v) is 3.89. The van der Waals surface area contributed by atoms with Gasteiger partial charge in [-0.3, -0.25) is 0 Å². The van der Waals surface area contributed by atoms with Gasteiger partial charge in [-0.15, -0.1) is 0 Å². The molecule has 1 saturated carbocycles. The lowest BCUT2D eigenvalue weighted by molar-refractivity contribution is 0.413. The maximum Gasteiger partial charge on any atom is 0.180 e. The van der Waals surface area contributed by atoms with Gasteiger partial charge in [-0.25, -0.2) is 8.42 Å². The number of rotatable bonds is 7. The van der Waals surface area contributed by atoms with Gasteiger partial charge in [0.05, 0.1) is 17.8 Å². The highest BCUT2D eigenvalue weighted by Crippen LogP contribution is 2.34. The molecule has 2 rings (SSSR count). The number of hydrogen-bond acceptors (Lipinski definition) is 4. The van der Waals surface area contributed by atoms with Crippen LogP contribution in [0, 0.1) is 5.92 Å². The van der Waals surface area contributed by atoms with E-state index in [1.54, 1.807) is 24.3 Å². The van der Waals surface area contributed by atoms with E-state index in [9.17, 15) is 8.42 Å². The van der Waals surface area contributed by atoms with Crippen LogP contribution in [0.5, 0.6) is 5.75 Å². The van der Waals surface area contributed by atoms with Crippen LogP contribution < -0.4 is 10.1 Å². The van der Waals surface area contributed by atoms with Gasteiger partial charge in [0.1, 0.15) is 5.75 Å². The molecular formula is C14H21NO3S. The van der Waals surface area contributed by atoms with Crippen molar-refractivity contribution in [2.45, 2.75) is 30.7 Å². The van der Waals surface area contributed by atoms with Gasteiger partial charge in [0.15, 0.2) is 9.84 Å². The Morgan fingerprint density at radius 2 is 2.16 bits per heavy atom. The first-order chi connectivity index (χ1) is 9.06. The molecule has 0 aromatic heterocycles. The highest BCUT2D eigenvalue weighted by atomic mass is 32.2. The topological polar surface area (TPSA) is 55.4 Å². The van der Waals surface area contributed by atoms with Crippen LogP contribution in [0.25, 0.3) is 0 Å². The molecule has 0 heterocycles. The minimum Gasteiger partial charge on any atom is -0.497 e. The van der Waals surface area contributed by atoms with Gasteiger partial charge in [0.25, 0.3) is 0 Å². The van der Waals surface area contributed by atoms with Crippen molar-refractivity contribution >= 4 is 9.84 Å². The Morgan fingerprint density at radius 3 is 2.74 bits per heavy atom. The van der Waals surface area contributed by atoms with Crippen molar-refractivity contribution < 1.29 is 13.2 Å². The molecular weight excluding hydrogens is 262 g/mol. The molecule has 19 heavy (non-hydrogen) atoms. The summed E-state index contributed by atoms with van der Waals surface area (Å²) >= 11 is 0. The average molecular weight is 283 g/mol. The highest BCUT2D eigenvalue weighted by Gasteiger charge is 2.34. The summed E-state index contributed by atoms with van der Waals surface area (Å²) in [6.07, 6.45) is 2.26. The summed E-state index contributed by atoms with van der Waals surface area (Å²) in [6, 6.07) is 6.76. The smallest absolute Gasteiger partial charge is 0.180 e. The molecule has 4 nitrogen and oxygen atoms in total. The van der Waals surface area contributed by atoms with Crippen molar-refractivity contribution in [2.24, 2.45) is 5.92 Å². The van der Waals surface area contributed by atoms with Crippen molar-refractivity contribution in [1.82, 2.24) is 5.32 Å². The second-order valence-corrected chi connectivity index (χ2v) is 7.00. The van der Waals surface area contributed by atoms with E-state index in [2.05, 4.69) is 5.32 Å². The highest BCUT2D eigenvalue weighted by molar-refractivity contribution is 7.91. The van der Waals surface area contributed by atoms with Gasteiger partial charge < -0.3 is 10.1 Å². The first-order valence-corrected chi connectivity index (χ1v) is 8.32. The number of benzene rings is 1. The van der Waals surface area contributed by atoms with E-state index in [1.165, 1.54) is 7.11 Å². The van der Waals surface area contributed by atoms with Gasteiger partial charge in [-0.05, 0) is 43.5 Å². The van der Waals surface area contributed by atoms with Crippen LogP contribution in [0.4, 0.5) is 0 Å². The summed E-state index contributed by atoms with van der Waals surface area (Å²) in [5, 5.41) is 3.29. The number of ether oxygens (including phenoxy) is 1. The Hall–Kier alpha value is -1.07. The lowest BCUT2D eigenvalue weighted by atomic mass is 10.2. The first-order valence-electron chi connectivity index (χ1n) is 6.67. The molecule has 0 spiro atoms. The molecule has 1 aliphatic rings. The summed E-state index contributed by atoms with van der Waals surface area (Å²) < 4.78 is 29.9. The fourth-order valence-electron chi connectivity index (χ4n) is 2.25. The Kier molecular flexibility index (Phi) is 4.47. The van der Waals surface area contributed by atoms with E-state index in [-0.39, 0.29) is 11.8 Å². The van der Waals surface area contributed by atoms with Crippen LogP contribution in [0.15, 0.2) is 29.2 Å². The minimum atomic E-state index is -3.26. The Balaban J connectivity index is 2.16. The summed E-state index contributed by atoms with van der Waals surface area (Å²) in [7, 11) is -1.72. The summed E-state index contributed by atoms with van der Waals surface area (Å²) in [5.74, 6) is 1.26. The maximum atomic E-state index is 12.4. The molecule has 1 fully saturated rings. The van der Waals surface area contributed by atoms with E-state index in [4.69, 9.17) is 4.74 Å². The zero-order valence-electron chi connectivity index (χ0n) is 11.4. The number of hydrogen-bond donors (Lipinski definition) is 1. The Morgan fingerprint density at radius 1 is 1.42 bits per heavy atom. The van der Waals surface area contributed by atoms with Crippen LogP contribution in [-0.2, 0) is 9.84 Å². The molecule has 1 aromatic rings. The third kappa shape index (κ3) is 3.70. The largest absolute Gasteiger partial charge is 0.497 e. The van der Waals surface area contributed by atoms with Gasteiger partial charge in [0, 0.05) is 6.04 Å². The quantitative estimate of drug-likeness (QED) is 0.830. The van der Waals surface area contributed by atoms with Gasteiger partial charge in [-0.2, -0.15) is 0 Å². The number of sulfone groups is 1. The standard InChI is InChI=1S/C14H21NO3S/c1-3-15-14(11-7-8-11)10-19(16,17)13-6-4-5-12(9-13)18-2/h4-6,9,11,14-15H,3,7-8,10H2,1-2H3. The number of nitrogens with one attached hydrogen (secondary N) is 1. The van der Waals surface area contributed by atoms with Crippen molar-refractivity contribution in [1.29, 1.82) is 0 Å². The third-order valence-electron chi connectivity index (χ3n) is 3.46. The van der Waals surface area contributed by atoms with Crippen molar-refractivity contribution in [3.8, 4) is 5.75 Å². The molecule has 1 N–H and O–H groups in total. The molecule has 0 bridgehead atoms. The fraction of sp³-hybridized carbons (Fsp3) is 0.571. The lowest BCUT2D eigenvalue weighted by Gasteiger charge is -2.17. The zero-order chi connectivity index (χ0) is 13.9. The predicted octanol–water partition coefficient (Wildman–Crippen LogP) is 1.86.